The molecule has 0 rings (SSSR count). The summed E-state index contributed by atoms with van der Waals surface area (Å²) in [6, 6.07) is 0. The van der Waals surface area contributed by atoms with Crippen molar-refractivity contribution in [2.45, 2.75) is 16.6 Å². The molecule has 0 amide bonds. The SMILES string of the molecule is O=P([O-])([O-])C(N(C(P(=O)([O-])[O-])P(=O)([O-])[O-])C(P(=O)([O-])[O-])P(=O)([O-])[O-])P(=O)([O-])[O-].[Fe+3].[NH4+].[NH4+].[NH4+].[NH4+].[NH4+].[NH4+].[NH4+].[NH4+].[NH4+]. The number of quaternary nitrogens is 9. The molecule has 28 nitrogen and oxygen atoms in total. The maximum Gasteiger partial charge on any atom is 3.00 e. The molecular formula is C3H39FeN10O18P6. The van der Waals surface area contributed by atoms with Crippen LogP contribution in [0.15, 0.2) is 0 Å². The van der Waals surface area contributed by atoms with Crippen LogP contribution in [0.25, 0.3) is 0 Å². The molecule has 0 aromatic heterocycles. The Morgan fingerprint density at radius 2 is 0.395 bits per heavy atom. The molecule has 0 unspecified atom stereocenters. The van der Waals surface area contributed by atoms with Gasteiger partial charge >= 0.3 is 17.1 Å². The monoisotopic (exact) mass is 745 g/mol. The fourth-order valence-electron chi connectivity index (χ4n) is 1.86. The van der Waals surface area contributed by atoms with Crippen LogP contribution in [0.5, 0.6) is 0 Å². The summed E-state index contributed by atoms with van der Waals surface area (Å²) in [5.41, 5.74) is -14.8. The van der Waals surface area contributed by atoms with Crippen molar-refractivity contribution >= 4 is 45.6 Å². The number of hydrogen-bond acceptors (Lipinski definition) is 19. The first-order valence-corrected chi connectivity index (χ1v) is 15.3. The predicted molar refractivity (Wildman–Crippen MR) is 113 cm³/mol. The normalized spacial score (nSPS) is 11.7. The van der Waals surface area contributed by atoms with Crippen LogP contribution in [-0.2, 0) is 44.5 Å². The van der Waals surface area contributed by atoms with Crippen molar-refractivity contribution in [2.75, 3.05) is 0 Å². The van der Waals surface area contributed by atoms with Gasteiger partial charge in [0.1, 0.15) is 0 Å². The van der Waals surface area contributed by atoms with E-state index in [-0.39, 0.29) is 72.4 Å². The third-order valence-corrected chi connectivity index (χ3v) is 12.6. The van der Waals surface area contributed by atoms with Crippen molar-refractivity contribution in [1.29, 1.82) is 0 Å². The minimum absolute atomic E-state index is 0. The first-order chi connectivity index (χ1) is 11.7. The fourth-order valence-corrected chi connectivity index (χ4v) is 10.8. The Morgan fingerprint density at radius 1 is 0.316 bits per heavy atom. The minimum Gasteiger partial charge on any atom is -0.809 e. The smallest absolute Gasteiger partial charge is 0.809 e. The Kier molecular flexibility index (Phi) is 41.0. The molecule has 0 aliphatic rings. The zero-order chi connectivity index (χ0) is 23.3. The Balaban J connectivity index is -0.0000000810. The van der Waals surface area contributed by atoms with Crippen LogP contribution < -0.4 is 114 Å². The first-order valence-electron chi connectivity index (χ1n) is 5.61. The van der Waals surface area contributed by atoms with Gasteiger partial charge in [-0.05, 0) is 45.6 Å². The van der Waals surface area contributed by atoms with E-state index in [0.29, 0.717) is 0 Å². The van der Waals surface area contributed by atoms with Crippen molar-refractivity contribution in [3.8, 4) is 0 Å². The van der Waals surface area contributed by atoms with E-state index in [9.17, 15) is 86.1 Å². The zero-order valence-corrected chi connectivity index (χ0v) is 28.0. The molecular weight excluding hydrogens is 706 g/mol. The fraction of sp³-hybridized carbons (Fsp3) is 1.00. The second-order valence-corrected chi connectivity index (χ2v) is 15.4. The molecule has 38 heavy (non-hydrogen) atoms. The van der Waals surface area contributed by atoms with E-state index < -0.39 is 67.0 Å². The molecule has 0 saturated carbocycles. The van der Waals surface area contributed by atoms with Crippen molar-refractivity contribution in [3.63, 3.8) is 0 Å². The van der Waals surface area contributed by atoms with Gasteiger partial charge in [0.2, 0.25) is 0 Å². The molecule has 1 radical (unpaired) electrons. The molecule has 0 aromatic rings. The van der Waals surface area contributed by atoms with Crippen LogP contribution >= 0.6 is 45.6 Å². The van der Waals surface area contributed by atoms with Gasteiger partial charge in [0.15, 0.2) is 0 Å². The van der Waals surface area contributed by atoms with E-state index in [4.69, 9.17) is 0 Å². The summed E-state index contributed by atoms with van der Waals surface area (Å²) in [4.78, 5) is 130. The second-order valence-electron chi connectivity index (χ2n) is 4.73. The predicted octanol–water partition coefficient (Wildman–Crippen LogP) is -7.00. The van der Waals surface area contributed by atoms with Gasteiger partial charge in [-0.3, -0.25) is 4.90 Å². The van der Waals surface area contributed by atoms with Gasteiger partial charge in [-0.2, -0.15) is 0 Å². The molecule has 0 atom stereocenters. The first kappa shape index (κ1) is 71.8. The summed E-state index contributed by atoms with van der Waals surface area (Å²) in [7, 11) is -44.4. The van der Waals surface area contributed by atoms with Crippen molar-refractivity contribution in [2.24, 2.45) is 0 Å². The third kappa shape index (κ3) is 20.0. The van der Waals surface area contributed by atoms with E-state index in [1.54, 1.807) is 0 Å². The maximum atomic E-state index is 11.0. The summed E-state index contributed by atoms with van der Waals surface area (Å²) < 4.78 is 66.1. The molecule has 0 saturated heterocycles. The van der Waals surface area contributed by atoms with Crippen LogP contribution in [0, 0.1) is 0 Å². The van der Waals surface area contributed by atoms with E-state index in [1.165, 1.54) is 0 Å². The third-order valence-electron chi connectivity index (χ3n) is 2.50. The molecule has 0 aromatic carbocycles. The quantitative estimate of drug-likeness (QED) is 0.0782. The van der Waals surface area contributed by atoms with E-state index in [0.717, 1.165) is 0 Å². The summed E-state index contributed by atoms with van der Waals surface area (Å²) in [5.74, 6) is 0. The molecule has 35 heteroatoms. The summed E-state index contributed by atoms with van der Waals surface area (Å²) in [5, 5.41) is 0. The molecule has 0 spiro atoms. The van der Waals surface area contributed by atoms with Crippen LogP contribution in [0.3, 0.4) is 0 Å². The van der Waals surface area contributed by atoms with Crippen LogP contribution in [0.2, 0.25) is 0 Å². The van der Waals surface area contributed by atoms with Gasteiger partial charge < -0.3 is 141 Å². The zero-order valence-electron chi connectivity index (χ0n) is 21.6. The minimum atomic E-state index is -7.40. The molecule has 36 N–H and O–H groups in total. The Morgan fingerprint density at radius 3 is 0.447 bits per heavy atom. The topological polar surface area (TPSA) is 711 Å². The van der Waals surface area contributed by atoms with E-state index >= 15 is 0 Å². The summed E-state index contributed by atoms with van der Waals surface area (Å²) >= 11 is 0. The van der Waals surface area contributed by atoms with Crippen molar-refractivity contribution < 1.29 is 103 Å². The molecule has 0 aliphatic heterocycles. The van der Waals surface area contributed by atoms with Crippen LogP contribution in [0.4, 0.5) is 0 Å². The molecule has 0 aliphatic carbocycles. The van der Waals surface area contributed by atoms with Crippen LogP contribution in [0.1, 0.15) is 0 Å². The Labute approximate surface area is 225 Å². The number of rotatable bonds is 9. The second kappa shape index (κ2) is 21.7. The summed E-state index contributed by atoms with van der Waals surface area (Å²) in [6.45, 7) is 0. The van der Waals surface area contributed by atoms with E-state index in [2.05, 4.69) is 0 Å². The maximum absolute atomic E-state index is 11.0. The Hall–Kier alpha value is 1.02. The standard InChI is InChI=1S/C3H15NO18P6.Fe.9H3N/c5-23(6,7)1(24(8,9)10)4(2(25(11,12)13)26(14,15)16)3(27(17,18)19)28(20,21)22;;;;;;;;;;/h1-3H,(H2,5,6,7)(H2,8,9,10)(H2,11,12,13)(H2,14,15,16)(H2,17,18,19)(H2,20,21,22);;9*1H3/q;+3;;;;;;;;;/p-3. The van der Waals surface area contributed by atoms with Gasteiger partial charge in [0, 0.05) is 0 Å². The average Bonchev–Trinajstić information content (AvgIpc) is 2.13. The molecule has 0 bridgehead atoms. The van der Waals surface area contributed by atoms with Crippen molar-refractivity contribution in [3.05, 3.63) is 0 Å². The van der Waals surface area contributed by atoms with Crippen LogP contribution in [-0.4, -0.2) is 21.5 Å². The number of hydrogen-bond donors (Lipinski definition) is 9. The Bertz CT molecular complexity index is 707. The van der Waals surface area contributed by atoms with E-state index in [1.807, 2.05) is 0 Å². The van der Waals surface area contributed by atoms with Gasteiger partial charge in [0.05, 0.1) is 16.6 Å². The summed E-state index contributed by atoms with van der Waals surface area (Å²) in [6.07, 6.45) is 0. The molecule has 247 valence electrons. The van der Waals surface area contributed by atoms with Crippen molar-refractivity contribution in [1.82, 2.24) is 60.3 Å². The van der Waals surface area contributed by atoms with Gasteiger partial charge in [-0.15, -0.1) is 0 Å². The van der Waals surface area contributed by atoms with Gasteiger partial charge in [-0.25, -0.2) is 0 Å². The van der Waals surface area contributed by atoms with Gasteiger partial charge in [-0.1, -0.05) is 0 Å². The molecule has 0 heterocycles. The largest absolute Gasteiger partial charge is 3.00 e. The molecule has 0 fully saturated rings. The van der Waals surface area contributed by atoms with Gasteiger partial charge in [0.25, 0.3) is 0 Å². The average molecular weight is 745 g/mol. The number of nitrogens with zero attached hydrogens (tertiary/aromatic N) is 1.